The SMILES string of the molecule is CNCCNC(=O)c1ccc(NC(=O)C2CC2)cc1.Cl. The van der Waals surface area contributed by atoms with E-state index in [4.69, 9.17) is 0 Å². The zero-order valence-corrected chi connectivity index (χ0v) is 12.3. The average molecular weight is 298 g/mol. The molecular weight excluding hydrogens is 278 g/mol. The maximum Gasteiger partial charge on any atom is 0.251 e. The van der Waals surface area contributed by atoms with Crippen molar-refractivity contribution in [2.75, 3.05) is 25.5 Å². The predicted octanol–water partition coefficient (Wildman–Crippen LogP) is 1.41. The quantitative estimate of drug-likeness (QED) is 0.695. The van der Waals surface area contributed by atoms with Crippen LogP contribution in [0, 0.1) is 5.92 Å². The summed E-state index contributed by atoms with van der Waals surface area (Å²) in [5.41, 5.74) is 1.34. The van der Waals surface area contributed by atoms with E-state index in [9.17, 15) is 9.59 Å². The second kappa shape index (κ2) is 7.87. The monoisotopic (exact) mass is 297 g/mol. The van der Waals surface area contributed by atoms with Crippen molar-refractivity contribution in [1.29, 1.82) is 0 Å². The van der Waals surface area contributed by atoms with Crippen LogP contribution in [0.2, 0.25) is 0 Å². The molecule has 1 saturated carbocycles. The van der Waals surface area contributed by atoms with Gasteiger partial charge in [0.1, 0.15) is 0 Å². The number of anilines is 1. The van der Waals surface area contributed by atoms with Crippen molar-refractivity contribution in [2.45, 2.75) is 12.8 Å². The molecule has 0 aliphatic heterocycles. The normalized spacial score (nSPS) is 13.2. The fourth-order valence-electron chi connectivity index (χ4n) is 1.70. The Morgan fingerprint density at radius 3 is 2.35 bits per heavy atom. The van der Waals surface area contributed by atoms with Gasteiger partial charge in [-0.25, -0.2) is 0 Å². The Balaban J connectivity index is 0.00000200. The molecule has 1 aromatic rings. The third kappa shape index (κ3) is 4.83. The number of amides is 2. The molecule has 0 atom stereocenters. The summed E-state index contributed by atoms with van der Waals surface area (Å²) in [7, 11) is 1.84. The molecule has 20 heavy (non-hydrogen) atoms. The Bertz CT molecular complexity index is 458. The molecule has 1 aliphatic rings. The molecule has 0 aromatic heterocycles. The van der Waals surface area contributed by atoms with Crippen molar-refractivity contribution >= 4 is 29.9 Å². The predicted molar refractivity (Wildman–Crippen MR) is 81.3 cm³/mol. The molecule has 2 amide bonds. The molecule has 0 saturated heterocycles. The van der Waals surface area contributed by atoms with Gasteiger partial charge >= 0.3 is 0 Å². The van der Waals surface area contributed by atoms with E-state index < -0.39 is 0 Å². The van der Waals surface area contributed by atoms with Crippen LogP contribution in [0.4, 0.5) is 5.69 Å². The van der Waals surface area contributed by atoms with Gasteiger partial charge in [0.25, 0.3) is 5.91 Å². The van der Waals surface area contributed by atoms with E-state index in [-0.39, 0.29) is 30.1 Å². The lowest BCUT2D eigenvalue weighted by Gasteiger charge is -2.07. The van der Waals surface area contributed by atoms with E-state index in [1.807, 2.05) is 7.05 Å². The fraction of sp³-hybridized carbons (Fsp3) is 0.429. The fourth-order valence-corrected chi connectivity index (χ4v) is 1.70. The Morgan fingerprint density at radius 2 is 1.80 bits per heavy atom. The number of likely N-dealkylation sites (N-methyl/N-ethyl adjacent to an activating group) is 1. The molecule has 1 aromatic carbocycles. The Hall–Kier alpha value is -1.59. The van der Waals surface area contributed by atoms with Gasteiger partial charge in [0.15, 0.2) is 0 Å². The Kier molecular flexibility index (Phi) is 6.48. The van der Waals surface area contributed by atoms with E-state index in [2.05, 4.69) is 16.0 Å². The number of hydrogen-bond acceptors (Lipinski definition) is 3. The highest BCUT2D eigenvalue weighted by Gasteiger charge is 2.29. The Morgan fingerprint density at radius 1 is 1.15 bits per heavy atom. The maximum absolute atomic E-state index is 11.7. The van der Waals surface area contributed by atoms with Crippen molar-refractivity contribution in [1.82, 2.24) is 10.6 Å². The molecule has 3 N–H and O–H groups in total. The van der Waals surface area contributed by atoms with Crippen LogP contribution in [0.5, 0.6) is 0 Å². The summed E-state index contributed by atoms with van der Waals surface area (Å²) >= 11 is 0. The zero-order chi connectivity index (χ0) is 13.7. The number of hydrogen-bond donors (Lipinski definition) is 3. The molecule has 0 bridgehead atoms. The molecule has 1 aliphatic carbocycles. The van der Waals surface area contributed by atoms with E-state index in [0.29, 0.717) is 12.1 Å². The van der Waals surface area contributed by atoms with Gasteiger partial charge in [0, 0.05) is 30.3 Å². The molecule has 1 fully saturated rings. The summed E-state index contributed by atoms with van der Waals surface area (Å²) in [6, 6.07) is 6.95. The summed E-state index contributed by atoms with van der Waals surface area (Å²) < 4.78 is 0. The molecule has 6 heteroatoms. The lowest BCUT2D eigenvalue weighted by Crippen LogP contribution is -2.30. The topological polar surface area (TPSA) is 70.2 Å². The van der Waals surface area contributed by atoms with Gasteiger partial charge in [-0.2, -0.15) is 0 Å². The second-order valence-corrected chi connectivity index (χ2v) is 4.70. The minimum Gasteiger partial charge on any atom is -0.351 e. The summed E-state index contributed by atoms with van der Waals surface area (Å²) in [5.74, 6) is 0.158. The van der Waals surface area contributed by atoms with Crippen LogP contribution in [0.25, 0.3) is 0 Å². The van der Waals surface area contributed by atoms with Crippen LogP contribution in [0.3, 0.4) is 0 Å². The second-order valence-electron chi connectivity index (χ2n) is 4.70. The standard InChI is InChI=1S/C14H19N3O2.ClH/c1-15-8-9-16-13(18)10-4-6-12(7-5-10)17-14(19)11-2-3-11;/h4-7,11,15H,2-3,8-9H2,1H3,(H,16,18)(H,17,19);1H. The van der Waals surface area contributed by atoms with Crippen LogP contribution in [0.15, 0.2) is 24.3 Å². The molecule has 0 radical (unpaired) electrons. The molecule has 0 heterocycles. The maximum atomic E-state index is 11.7. The van der Waals surface area contributed by atoms with Crippen LogP contribution >= 0.6 is 12.4 Å². The molecule has 0 unspecified atom stereocenters. The lowest BCUT2D eigenvalue weighted by molar-refractivity contribution is -0.117. The van der Waals surface area contributed by atoms with Crippen molar-refractivity contribution in [3.63, 3.8) is 0 Å². The third-order valence-electron chi connectivity index (χ3n) is 3.02. The number of rotatable bonds is 6. The molecule has 2 rings (SSSR count). The third-order valence-corrected chi connectivity index (χ3v) is 3.02. The number of benzene rings is 1. The van der Waals surface area contributed by atoms with Crippen LogP contribution in [-0.4, -0.2) is 32.0 Å². The summed E-state index contributed by atoms with van der Waals surface area (Å²) in [4.78, 5) is 23.3. The highest BCUT2D eigenvalue weighted by Crippen LogP contribution is 2.30. The molecule has 5 nitrogen and oxygen atoms in total. The summed E-state index contributed by atoms with van der Waals surface area (Å²) in [5, 5.41) is 8.60. The molecule has 110 valence electrons. The van der Waals surface area contributed by atoms with Gasteiger partial charge in [0.05, 0.1) is 0 Å². The first-order chi connectivity index (χ1) is 9.20. The number of carbonyl (C=O) groups excluding carboxylic acids is 2. The largest absolute Gasteiger partial charge is 0.351 e. The minimum atomic E-state index is -0.102. The van der Waals surface area contributed by atoms with Gasteiger partial charge in [-0.3, -0.25) is 9.59 Å². The van der Waals surface area contributed by atoms with Crippen molar-refractivity contribution in [3.8, 4) is 0 Å². The van der Waals surface area contributed by atoms with Crippen LogP contribution < -0.4 is 16.0 Å². The number of nitrogens with one attached hydrogen (secondary N) is 3. The van der Waals surface area contributed by atoms with Gasteiger partial charge in [-0.05, 0) is 44.2 Å². The zero-order valence-electron chi connectivity index (χ0n) is 11.4. The van der Waals surface area contributed by atoms with E-state index in [1.54, 1.807) is 24.3 Å². The summed E-state index contributed by atoms with van der Waals surface area (Å²) in [6.45, 7) is 1.33. The van der Waals surface area contributed by atoms with Crippen molar-refractivity contribution < 1.29 is 9.59 Å². The van der Waals surface area contributed by atoms with Gasteiger partial charge in [0.2, 0.25) is 5.91 Å². The minimum absolute atomic E-state index is 0. The smallest absolute Gasteiger partial charge is 0.251 e. The van der Waals surface area contributed by atoms with Gasteiger partial charge < -0.3 is 16.0 Å². The van der Waals surface area contributed by atoms with E-state index in [0.717, 1.165) is 25.1 Å². The van der Waals surface area contributed by atoms with Crippen molar-refractivity contribution in [3.05, 3.63) is 29.8 Å². The van der Waals surface area contributed by atoms with Crippen LogP contribution in [0.1, 0.15) is 23.2 Å². The first-order valence-electron chi connectivity index (χ1n) is 6.54. The average Bonchev–Trinajstić information content (AvgIpc) is 3.24. The molecular formula is C14H20ClN3O2. The Labute approximate surface area is 124 Å². The summed E-state index contributed by atoms with van der Waals surface area (Å²) in [6.07, 6.45) is 1.97. The highest BCUT2D eigenvalue weighted by molar-refractivity contribution is 5.96. The van der Waals surface area contributed by atoms with Gasteiger partial charge in [-0.15, -0.1) is 12.4 Å². The number of halogens is 1. The van der Waals surface area contributed by atoms with E-state index in [1.165, 1.54) is 0 Å². The van der Waals surface area contributed by atoms with E-state index >= 15 is 0 Å². The molecule has 0 spiro atoms. The first kappa shape index (κ1) is 16.5. The highest BCUT2D eigenvalue weighted by atomic mass is 35.5. The number of carbonyl (C=O) groups is 2. The van der Waals surface area contributed by atoms with Gasteiger partial charge in [-0.1, -0.05) is 0 Å². The van der Waals surface area contributed by atoms with Crippen molar-refractivity contribution in [2.24, 2.45) is 5.92 Å². The first-order valence-corrected chi connectivity index (χ1v) is 6.54. The van der Waals surface area contributed by atoms with Crippen LogP contribution in [-0.2, 0) is 4.79 Å². The lowest BCUT2D eigenvalue weighted by atomic mass is 10.2.